The summed E-state index contributed by atoms with van der Waals surface area (Å²) in [6.07, 6.45) is 0.748. The highest BCUT2D eigenvalue weighted by Crippen LogP contribution is 2.31. The fourth-order valence-corrected chi connectivity index (χ4v) is 4.38. The average Bonchev–Trinajstić information content (AvgIpc) is 3.14. The number of likely N-dealkylation sites (tertiary alicyclic amines) is 1. The summed E-state index contributed by atoms with van der Waals surface area (Å²) in [6.45, 7) is 4.11. The Hall–Kier alpha value is -2.28. The van der Waals surface area contributed by atoms with E-state index in [1.165, 1.54) is 0 Å². The molecule has 1 fully saturated rings. The lowest BCUT2D eigenvalue weighted by Crippen LogP contribution is -2.41. The van der Waals surface area contributed by atoms with Crippen molar-refractivity contribution in [3.63, 3.8) is 0 Å². The van der Waals surface area contributed by atoms with Crippen LogP contribution in [0.4, 0.5) is 0 Å². The van der Waals surface area contributed by atoms with Gasteiger partial charge in [0.25, 0.3) is 0 Å². The zero-order chi connectivity index (χ0) is 21.7. The molecule has 0 aromatic heterocycles. The first-order valence-electron chi connectivity index (χ1n) is 10.1. The summed E-state index contributed by atoms with van der Waals surface area (Å²) >= 11 is 6.13. The summed E-state index contributed by atoms with van der Waals surface area (Å²) in [7, 11) is 5.02. The van der Waals surface area contributed by atoms with Gasteiger partial charge in [-0.1, -0.05) is 29.8 Å². The van der Waals surface area contributed by atoms with Crippen LogP contribution in [-0.4, -0.2) is 50.7 Å². The molecule has 6 nitrogen and oxygen atoms in total. The zero-order valence-corrected chi connectivity index (χ0v) is 18.8. The van der Waals surface area contributed by atoms with E-state index >= 15 is 0 Å². The van der Waals surface area contributed by atoms with Crippen molar-refractivity contribution in [2.75, 3.05) is 27.8 Å². The molecule has 1 saturated heterocycles. The largest absolute Gasteiger partial charge is 0.496 e. The number of likely N-dealkylation sites (N-methyl/N-ethyl adjacent to an activating group) is 1. The third-order valence-electron chi connectivity index (χ3n) is 5.67. The molecule has 1 aliphatic rings. The maximum Gasteiger partial charge on any atom is 0.237 e. The minimum absolute atomic E-state index is 0.0409. The van der Waals surface area contributed by atoms with E-state index < -0.39 is 0 Å². The van der Waals surface area contributed by atoms with Gasteiger partial charge in [-0.15, -0.1) is 0 Å². The second-order valence-corrected chi connectivity index (χ2v) is 8.02. The number of nitrogens with zero attached hydrogens (tertiary/aromatic N) is 1. The van der Waals surface area contributed by atoms with Crippen molar-refractivity contribution >= 4 is 17.5 Å². The molecule has 2 atom stereocenters. The summed E-state index contributed by atoms with van der Waals surface area (Å²) in [6, 6.07) is 11.8. The third-order valence-corrected chi connectivity index (χ3v) is 5.91. The number of ether oxygens (including phenoxy) is 2. The molecule has 3 rings (SSSR count). The van der Waals surface area contributed by atoms with Gasteiger partial charge in [0.1, 0.15) is 11.5 Å². The Morgan fingerprint density at radius 1 is 1.23 bits per heavy atom. The quantitative estimate of drug-likeness (QED) is 0.672. The second-order valence-electron chi connectivity index (χ2n) is 7.59. The number of carbonyl (C=O) groups excluding carboxylic acids is 1. The van der Waals surface area contributed by atoms with Crippen molar-refractivity contribution in [1.29, 1.82) is 0 Å². The van der Waals surface area contributed by atoms with E-state index in [9.17, 15) is 4.79 Å². The first kappa shape index (κ1) is 22.4. The van der Waals surface area contributed by atoms with Gasteiger partial charge in [0.05, 0.1) is 20.3 Å². The Kier molecular flexibility index (Phi) is 7.58. The fraction of sp³-hybridized carbons (Fsp3) is 0.435. The number of methoxy groups -OCH3 is 2. The number of nitrogens with one attached hydrogen (secondary N) is 2. The van der Waals surface area contributed by atoms with Crippen LogP contribution in [0.2, 0.25) is 5.02 Å². The topological polar surface area (TPSA) is 62.8 Å². The number of rotatable bonds is 8. The number of carbonyl (C=O) groups is 1. The highest BCUT2D eigenvalue weighted by atomic mass is 35.5. The Morgan fingerprint density at radius 2 is 2.03 bits per heavy atom. The molecule has 2 N–H and O–H groups in total. The predicted molar refractivity (Wildman–Crippen MR) is 119 cm³/mol. The molecule has 0 unspecified atom stereocenters. The van der Waals surface area contributed by atoms with Crippen LogP contribution in [0.3, 0.4) is 0 Å². The molecule has 7 heteroatoms. The molecule has 1 aliphatic heterocycles. The van der Waals surface area contributed by atoms with Crippen molar-refractivity contribution in [3.05, 3.63) is 58.1 Å². The van der Waals surface area contributed by atoms with Crippen molar-refractivity contribution in [2.45, 2.75) is 38.5 Å². The lowest BCUT2D eigenvalue weighted by atomic mass is 10.1. The number of hydrogen-bond donors (Lipinski definition) is 2. The van der Waals surface area contributed by atoms with Crippen molar-refractivity contribution in [2.24, 2.45) is 0 Å². The van der Waals surface area contributed by atoms with E-state index in [-0.39, 0.29) is 18.0 Å². The van der Waals surface area contributed by atoms with Gasteiger partial charge in [-0.25, -0.2) is 0 Å². The number of halogens is 1. The highest BCUT2D eigenvalue weighted by molar-refractivity contribution is 6.30. The first-order valence-corrected chi connectivity index (χ1v) is 10.5. The summed E-state index contributed by atoms with van der Waals surface area (Å²) in [5.41, 5.74) is 3.15. The maximum absolute atomic E-state index is 12.5. The standard InChI is InChI=1S/C23H30ClN3O3/c1-15-21(29-3)9-8-17(22(15)30-4)12-26-19-11-20(23(28)25-2)27(14-19)13-16-6-5-7-18(24)10-16/h5-10,19-20,26H,11-14H2,1-4H3,(H,25,28)/t19-,20-/m0/s1. The van der Waals surface area contributed by atoms with Crippen LogP contribution < -0.4 is 20.1 Å². The Balaban J connectivity index is 1.70. The smallest absolute Gasteiger partial charge is 0.237 e. The van der Waals surface area contributed by atoms with Gasteiger partial charge in [0.2, 0.25) is 5.91 Å². The van der Waals surface area contributed by atoms with Crippen molar-refractivity contribution < 1.29 is 14.3 Å². The van der Waals surface area contributed by atoms with Gasteiger partial charge in [0.15, 0.2) is 0 Å². The summed E-state index contributed by atoms with van der Waals surface area (Å²) < 4.78 is 11.0. The molecule has 2 aromatic rings. The van der Waals surface area contributed by atoms with E-state index in [1.807, 2.05) is 43.3 Å². The number of benzene rings is 2. The molecular formula is C23H30ClN3O3. The van der Waals surface area contributed by atoms with E-state index in [4.69, 9.17) is 21.1 Å². The van der Waals surface area contributed by atoms with E-state index in [2.05, 4.69) is 15.5 Å². The van der Waals surface area contributed by atoms with Gasteiger partial charge in [-0.3, -0.25) is 9.69 Å². The monoisotopic (exact) mass is 431 g/mol. The Morgan fingerprint density at radius 3 is 2.70 bits per heavy atom. The predicted octanol–water partition coefficient (Wildman–Crippen LogP) is 3.14. The molecular weight excluding hydrogens is 402 g/mol. The Labute approximate surface area is 183 Å². The van der Waals surface area contributed by atoms with Gasteiger partial charge in [-0.05, 0) is 37.1 Å². The minimum Gasteiger partial charge on any atom is -0.496 e. The van der Waals surface area contributed by atoms with Crippen LogP contribution in [0, 0.1) is 6.92 Å². The number of amides is 1. The van der Waals surface area contributed by atoms with E-state index in [1.54, 1.807) is 21.3 Å². The molecule has 0 bridgehead atoms. The summed E-state index contributed by atoms with van der Waals surface area (Å²) in [5.74, 6) is 1.68. The van der Waals surface area contributed by atoms with Crippen molar-refractivity contribution in [3.8, 4) is 11.5 Å². The van der Waals surface area contributed by atoms with Gasteiger partial charge in [-0.2, -0.15) is 0 Å². The second kappa shape index (κ2) is 10.2. The molecule has 162 valence electrons. The Bertz CT molecular complexity index is 890. The minimum atomic E-state index is -0.175. The number of hydrogen-bond acceptors (Lipinski definition) is 5. The van der Waals surface area contributed by atoms with Gasteiger partial charge >= 0.3 is 0 Å². The molecule has 1 amide bonds. The third kappa shape index (κ3) is 5.06. The lowest BCUT2D eigenvalue weighted by Gasteiger charge is -2.23. The lowest BCUT2D eigenvalue weighted by molar-refractivity contribution is -0.125. The normalized spacial score (nSPS) is 19.0. The van der Waals surface area contributed by atoms with E-state index in [0.717, 1.165) is 41.2 Å². The molecule has 30 heavy (non-hydrogen) atoms. The fourth-order valence-electron chi connectivity index (χ4n) is 4.16. The average molecular weight is 432 g/mol. The molecule has 0 spiro atoms. The van der Waals surface area contributed by atoms with Gasteiger partial charge in [0, 0.05) is 48.9 Å². The van der Waals surface area contributed by atoms with Crippen LogP contribution >= 0.6 is 11.6 Å². The van der Waals surface area contributed by atoms with Crippen LogP contribution in [0.1, 0.15) is 23.1 Å². The summed E-state index contributed by atoms with van der Waals surface area (Å²) in [4.78, 5) is 14.7. The van der Waals surface area contributed by atoms with Crippen LogP contribution in [0.15, 0.2) is 36.4 Å². The highest BCUT2D eigenvalue weighted by Gasteiger charge is 2.36. The molecule has 0 radical (unpaired) electrons. The van der Waals surface area contributed by atoms with Crippen LogP contribution in [0.5, 0.6) is 11.5 Å². The molecule has 1 heterocycles. The molecule has 0 aliphatic carbocycles. The van der Waals surface area contributed by atoms with Crippen molar-refractivity contribution in [1.82, 2.24) is 15.5 Å². The zero-order valence-electron chi connectivity index (χ0n) is 18.0. The van der Waals surface area contributed by atoms with Gasteiger partial charge < -0.3 is 20.1 Å². The summed E-state index contributed by atoms with van der Waals surface area (Å²) in [5, 5.41) is 7.11. The molecule has 0 saturated carbocycles. The first-order chi connectivity index (χ1) is 14.5. The maximum atomic E-state index is 12.5. The van der Waals surface area contributed by atoms with E-state index in [0.29, 0.717) is 18.1 Å². The van der Waals surface area contributed by atoms with Crippen LogP contribution in [0.25, 0.3) is 0 Å². The SMILES string of the molecule is CNC(=O)[C@@H]1C[C@H](NCc2ccc(OC)c(C)c2OC)CN1Cc1cccc(Cl)c1. The molecule has 2 aromatic carbocycles. The van der Waals surface area contributed by atoms with Crippen LogP contribution in [-0.2, 0) is 17.9 Å².